The molecule has 0 aliphatic carbocycles. The number of anilines is 2. The fraction of sp³-hybridized carbons (Fsp3) is 0.250. The highest BCUT2D eigenvalue weighted by Crippen LogP contribution is 2.38. The number of carbonyl (C=O) groups excluding carboxylic acids is 1. The highest BCUT2D eigenvalue weighted by Gasteiger charge is 2.32. The second kappa shape index (κ2) is 12.4. The van der Waals surface area contributed by atoms with Crippen LogP contribution in [0.2, 0.25) is 0 Å². The first-order chi connectivity index (χ1) is 22.0. The van der Waals surface area contributed by atoms with Crippen LogP contribution in [0.3, 0.4) is 0 Å². The van der Waals surface area contributed by atoms with Crippen LogP contribution < -0.4 is 15.8 Å². The van der Waals surface area contributed by atoms with Crippen LogP contribution in [0, 0.1) is 11.6 Å². The van der Waals surface area contributed by atoms with Crippen LogP contribution in [-0.4, -0.2) is 50.8 Å². The van der Waals surface area contributed by atoms with Crippen LogP contribution in [0.15, 0.2) is 67.0 Å². The summed E-state index contributed by atoms with van der Waals surface area (Å²) in [7, 11) is 1.37. The van der Waals surface area contributed by atoms with E-state index in [2.05, 4.69) is 20.2 Å². The van der Waals surface area contributed by atoms with Gasteiger partial charge in [0.1, 0.15) is 35.2 Å². The number of halogens is 5. The van der Waals surface area contributed by atoms with E-state index in [-0.39, 0.29) is 35.2 Å². The zero-order valence-electron chi connectivity index (χ0n) is 24.5. The van der Waals surface area contributed by atoms with Crippen LogP contribution in [-0.2, 0) is 12.7 Å². The molecule has 3 aromatic carbocycles. The smallest absolute Gasteiger partial charge is 0.416 e. The normalized spacial score (nSPS) is 14.5. The molecule has 0 saturated carbocycles. The third-order valence-corrected chi connectivity index (χ3v) is 7.98. The lowest BCUT2D eigenvalue weighted by atomic mass is 10.0. The Labute approximate surface area is 259 Å². The van der Waals surface area contributed by atoms with E-state index in [1.54, 1.807) is 18.2 Å². The standard InChI is InChI=1S/C32H28F5N7O2/c1-46-26-14-19(5-8-25(26)41-31(45)23-7-6-20(15-24(23)34)32(35,36)37)28-27-29(38)39-17-40-30(27)44(42-28)22-9-11-43(12-10-22)16-18-3-2-4-21(33)13-18/h2-8,13-15,17,22H,9-12,16H2,1H3,(H,41,45)(H2,38,39,40). The third kappa shape index (κ3) is 6.20. The maximum absolute atomic E-state index is 14.4. The fourth-order valence-electron chi connectivity index (χ4n) is 5.67. The summed E-state index contributed by atoms with van der Waals surface area (Å²) < 4.78 is 74.2. The van der Waals surface area contributed by atoms with Crippen LogP contribution in [0.25, 0.3) is 22.3 Å². The molecule has 0 spiro atoms. The van der Waals surface area contributed by atoms with Crippen molar-refractivity contribution in [3.8, 4) is 17.0 Å². The quantitative estimate of drug-likeness (QED) is 0.197. The Balaban J connectivity index is 1.25. The number of amides is 1. The van der Waals surface area contributed by atoms with Gasteiger partial charge in [-0.05, 0) is 60.9 Å². The predicted octanol–water partition coefficient (Wildman–Crippen LogP) is 6.47. The predicted molar refractivity (Wildman–Crippen MR) is 161 cm³/mol. The molecular weight excluding hydrogens is 609 g/mol. The monoisotopic (exact) mass is 637 g/mol. The molecule has 0 atom stereocenters. The summed E-state index contributed by atoms with van der Waals surface area (Å²) in [5.74, 6) is -2.10. The minimum absolute atomic E-state index is 0.00777. The molecule has 0 unspecified atom stereocenters. The van der Waals surface area contributed by atoms with Gasteiger partial charge in [-0.25, -0.2) is 23.4 Å². The molecule has 1 aliphatic heterocycles. The van der Waals surface area contributed by atoms with Crippen molar-refractivity contribution in [3.05, 3.63) is 95.3 Å². The number of fused-ring (bicyclic) bond motifs is 1. The zero-order valence-corrected chi connectivity index (χ0v) is 24.5. The minimum Gasteiger partial charge on any atom is -0.495 e. The van der Waals surface area contributed by atoms with E-state index < -0.39 is 29.0 Å². The summed E-state index contributed by atoms with van der Waals surface area (Å²) in [6.07, 6.45) is -1.84. The average molecular weight is 638 g/mol. The number of nitrogens with zero attached hydrogens (tertiary/aromatic N) is 5. The minimum atomic E-state index is -4.75. The molecule has 14 heteroatoms. The Hall–Kier alpha value is -5.11. The summed E-state index contributed by atoms with van der Waals surface area (Å²) >= 11 is 0. The number of ether oxygens (including phenoxy) is 1. The number of likely N-dealkylation sites (tertiary alicyclic amines) is 1. The number of rotatable bonds is 7. The van der Waals surface area contributed by atoms with Crippen molar-refractivity contribution in [2.45, 2.75) is 31.6 Å². The van der Waals surface area contributed by atoms with Crippen LogP contribution >= 0.6 is 0 Å². The second-order valence-electron chi connectivity index (χ2n) is 10.9. The van der Waals surface area contributed by atoms with Crippen LogP contribution in [0.1, 0.15) is 40.4 Å². The van der Waals surface area contributed by atoms with E-state index in [1.165, 1.54) is 31.6 Å². The molecule has 5 aromatic rings. The topological polar surface area (TPSA) is 111 Å². The highest BCUT2D eigenvalue weighted by atomic mass is 19.4. The van der Waals surface area contributed by atoms with Crippen molar-refractivity contribution >= 4 is 28.4 Å². The third-order valence-electron chi connectivity index (χ3n) is 7.98. The van der Waals surface area contributed by atoms with Crippen molar-refractivity contribution in [1.82, 2.24) is 24.6 Å². The summed E-state index contributed by atoms with van der Waals surface area (Å²) in [6, 6.07) is 13.1. The number of nitrogen functional groups attached to an aromatic ring is 1. The number of nitrogens with one attached hydrogen (secondary N) is 1. The number of nitrogens with two attached hydrogens (primary N) is 1. The molecule has 3 heterocycles. The van der Waals surface area contributed by atoms with Gasteiger partial charge in [0.05, 0.1) is 35.4 Å². The number of aromatic nitrogens is 4. The van der Waals surface area contributed by atoms with Gasteiger partial charge in [-0.15, -0.1) is 0 Å². The first-order valence-corrected chi connectivity index (χ1v) is 14.3. The first kappa shape index (κ1) is 30.9. The van der Waals surface area contributed by atoms with Gasteiger partial charge in [0, 0.05) is 25.2 Å². The van der Waals surface area contributed by atoms with Crippen molar-refractivity contribution in [1.29, 1.82) is 0 Å². The number of piperidine rings is 1. The van der Waals surface area contributed by atoms with E-state index in [0.29, 0.717) is 34.9 Å². The number of benzene rings is 3. The lowest BCUT2D eigenvalue weighted by Crippen LogP contribution is -2.34. The van der Waals surface area contributed by atoms with Gasteiger partial charge >= 0.3 is 6.18 Å². The van der Waals surface area contributed by atoms with Crippen molar-refractivity contribution in [2.75, 3.05) is 31.2 Å². The molecule has 3 N–H and O–H groups in total. The van der Waals surface area contributed by atoms with Gasteiger partial charge in [-0.2, -0.15) is 18.3 Å². The second-order valence-corrected chi connectivity index (χ2v) is 10.9. The van der Waals surface area contributed by atoms with Crippen molar-refractivity contribution in [2.24, 2.45) is 0 Å². The highest BCUT2D eigenvalue weighted by molar-refractivity contribution is 6.06. The molecule has 1 saturated heterocycles. The first-order valence-electron chi connectivity index (χ1n) is 14.3. The summed E-state index contributed by atoms with van der Waals surface area (Å²) in [5.41, 5.74) is 7.22. The van der Waals surface area contributed by atoms with E-state index in [1.807, 2.05) is 10.7 Å². The molecule has 1 amide bonds. The van der Waals surface area contributed by atoms with Crippen LogP contribution in [0.5, 0.6) is 5.75 Å². The number of carbonyl (C=O) groups is 1. The Kier molecular flexibility index (Phi) is 8.30. The average Bonchev–Trinajstić information content (AvgIpc) is 3.42. The molecule has 46 heavy (non-hydrogen) atoms. The Morgan fingerprint density at radius 1 is 1.04 bits per heavy atom. The van der Waals surface area contributed by atoms with Gasteiger partial charge < -0.3 is 15.8 Å². The van der Waals surface area contributed by atoms with Crippen LogP contribution in [0.4, 0.5) is 33.5 Å². The fourth-order valence-corrected chi connectivity index (χ4v) is 5.67. The summed E-state index contributed by atoms with van der Waals surface area (Å²) in [6.45, 7) is 2.17. The molecule has 1 fully saturated rings. The van der Waals surface area contributed by atoms with Gasteiger partial charge in [-0.3, -0.25) is 9.69 Å². The number of hydrogen-bond acceptors (Lipinski definition) is 7. The Morgan fingerprint density at radius 2 is 1.83 bits per heavy atom. The summed E-state index contributed by atoms with van der Waals surface area (Å²) in [5, 5.41) is 7.94. The maximum Gasteiger partial charge on any atom is 0.416 e. The molecular formula is C32H28F5N7O2. The van der Waals surface area contributed by atoms with E-state index in [9.17, 15) is 26.7 Å². The van der Waals surface area contributed by atoms with Crippen molar-refractivity contribution in [3.63, 3.8) is 0 Å². The van der Waals surface area contributed by atoms with Crippen molar-refractivity contribution < 1.29 is 31.5 Å². The number of methoxy groups -OCH3 is 1. The molecule has 2 aromatic heterocycles. The number of hydrogen-bond donors (Lipinski definition) is 2. The van der Waals surface area contributed by atoms with E-state index >= 15 is 0 Å². The van der Waals surface area contributed by atoms with E-state index in [0.717, 1.165) is 37.6 Å². The molecule has 238 valence electrons. The zero-order chi connectivity index (χ0) is 32.6. The Morgan fingerprint density at radius 3 is 2.52 bits per heavy atom. The van der Waals surface area contributed by atoms with Gasteiger partial charge in [-0.1, -0.05) is 18.2 Å². The number of alkyl halides is 3. The largest absolute Gasteiger partial charge is 0.495 e. The molecule has 0 bridgehead atoms. The van der Waals surface area contributed by atoms with Gasteiger partial charge in [0.25, 0.3) is 5.91 Å². The molecule has 0 radical (unpaired) electrons. The Bertz CT molecular complexity index is 1920. The lowest BCUT2D eigenvalue weighted by molar-refractivity contribution is -0.137. The van der Waals surface area contributed by atoms with E-state index in [4.69, 9.17) is 15.6 Å². The maximum atomic E-state index is 14.4. The molecule has 6 rings (SSSR count). The SMILES string of the molecule is COc1cc(-c2nn(C3CCN(Cc4cccc(F)c4)CC3)c3ncnc(N)c23)ccc1NC(=O)c1ccc(C(F)(F)F)cc1F. The van der Waals surface area contributed by atoms with Gasteiger partial charge in [0.2, 0.25) is 0 Å². The molecule has 1 aliphatic rings. The lowest BCUT2D eigenvalue weighted by Gasteiger charge is -2.32. The summed E-state index contributed by atoms with van der Waals surface area (Å²) in [4.78, 5) is 23.7. The molecule has 9 nitrogen and oxygen atoms in total. The van der Waals surface area contributed by atoms with Gasteiger partial charge in [0.15, 0.2) is 5.65 Å².